The number of carboxylic acid groups (broad SMARTS) is 1. The summed E-state index contributed by atoms with van der Waals surface area (Å²) in [5.74, 6) is -1.15. The zero-order valence-electron chi connectivity index (χ0n) is 7.21. The molecule has 0 saturated heterocycles. The Morgan fingerprint density at radius 1 is 1.50 bits per heavy atom. The lowest BCUT2D eigenvalue weighted by Gasteiger charge is -2.13. The third kappa shape index (κ3) is 2.11. The summed E-state index contributed by atoms with van der Waals surface area (Å²) in [6, 6.07) is 1.20. The summed E-state index contributed by atoms with van der Waals surface area (Å²) in [6.45, 7) is -0.589. The highest BCUT2D eigenvalue weighted by Gasteiger charge is 2.19. The smallest absolute Gasteiger partial charge is 0.352 e. The fourth-order valence-electron chi connectivity index (χ4n) is 1.03. The van der Waals surface area contributed by atoms with Gasteiger partial charge in [0.25, 0.3) is 0 Å². The third-order valence-corrected chi connectivity index (χ3v) is 1.83. The van der Waals surface area contributed by atoms with Gasteiger partial charge in [-0.25, -0.2) is 4.79 Å². The number of aliphatic hydroxyl groups is 3. The van der Waals surface area contributed by atoms with Gasteiger partial charge in [0.1, 0.15) is 17.9 Å². The molecule has 0 bridgehead atoms. The van der Waals surface area contributed by atoms with Gasteiger partial charge in [0.2, 0.25) is 0 Å². The van der Waals surface area contributed by atoms with Crippen LogP contribution in [0.15, 0.2) is 12.3 Å². The molecule has 0 aliphatic carbocycles. The Morgan fingerprint density at radius 2 is 2.14 bits per heavy atom. The molecule has 0 spiro atoms. The highest BCUT2D eigenvalue weighted by atomic mass is 16.4. The van der Waals surface area contributed by atoms with Crippen LogP contribution in [0.5, 0.6) is 0 Å². The molecule has 1 aromatic heterocycles. The molecule has 0 saturated carbocycles. The maximum Gasteiger partial charge on any atom is 0.352 e. The van der Waals surface area contributed by atoms with Gasteiger partial charge in [0.05, 0.1) is 6.61 Å². The molecular formula is C8H11NO5. The second-order valence-electron chi connectivity index (χ2n) is 2.85. The lowest BCUT2D eigenvalue weighted by Crippen LogP contribution is -2.21. The van der Waals surface area contributed by atoms with Crippen molar-refractivity contribution in [3.63, 3.8) is 0 Å². The van der Waals surface area contributed by atoms with E-state index in [4.69, 9.17) is 15.3 Å². The maximum atomic E-state index is 10.5. The molecule has 14 heavy (non-hydrogen) atoms. The van der Waals surface area contributed by atoms with E-state index in [-0.39, 0.29) is 11.3 Å². The van der Waals surface area contributed by atoms with E-state index in [1.54, 1.807) is 0 Å². The summed E-state index contributed by atoms with van der Waals surface area (Å²) in [4.78, 5) is 12.9. The van der Waals surface area contributed by atoms with Crippen LogP contribution in [-0.2, 0) is 0 Å². The van der Waals surface area contributed by atoms with E-state index in [0.717, 1.165) is 0 Å². The second kappa shape index (κ2) is 4.23. The third-order valence-electron chi connectivity index (χ3n) is 1.83. The molecule has 2 unspecified atom stereocenters. The molecule has 6 heteroatoms. The van der Waals surface area contributed by atoms with Crippen LogP contribution in [0, 0.1) is 0 Å². The number of carbonyl (C=O) groups is 1. The number of carboxylic acids is 1. The molecule has 0 amide bonds. The van der Waals surface area contributed by atoms with Crippen molar-refractivity contribution >= 4 is 5.97 Å². The average molecular weight is 201 g/mol. The average Bonchev–Trinajstić information content (AvgIpc) is 2.64. The van der Waals surface area contributed by atoms with Gasteiger partial charge in [-0.3, -0.25) is 0 Å². The Kier molecular flexibility index (Phi) is 3.23. The maximum absolute atomic E-state index is 10.5. The van der Waals surface area contributed by atoms with Crippen LogP contribution in [0.4, 0.5) is 0 Å². The molecule has 6 nitrogen and oxygen atoms in total. The Balaban J connectivity index is 2.81. The van der Waals surface area contributed by atoms with Crippen LogP contribution in [0.1, 0.15) is 22.2 Å². The first kappa shape index (κ1) is 10.7. The number of aromatic nitrogens is 1. The first-order valence-corrected chi connectivity index (χ1v) is 3.95. The van der Waals surface area contributed by atoms with Crippen LogP contribution in [0.3, 0.4) is 0 Å². The Morgan fingerprint density at radius 3 is 2.57 bits per heavy atom. The Labute approximate surface area is 79.4 Å². The van der Waals surface area contributed by atoms with E-state index >= 15 is 0 Å². The molecule has 2 atom stereocenters. The number of aliphatic hydroxyl groups excluding tert-OH is 3. The van der Waals surface area contributed by atoms with E-state index in [1.165, 1.54) is 12.3 Å². The van der Waals surface area contributed by atoms with Crippen molar-refractivity contribution in [2.75, 3.05) is 6.61 Å². The van der Waals surface area contributed by atoms with Gasteiger partial charge in [0, 0.05) is 11.8 Å². The standard InChI is InChI=1S/C8H11NO5/c10-3-6(11)7(12)4-1-5(8(13)14)9-2-4/h1-2,6-7,9-12H,3H2,(H,13,14). The van der Waals surface area contributed by atoms with Crippen LogP contribution in [0.25, 0.3) is 0 Å². The second-order valence-corrected chi connectivity index (χ2v) is 2.85. The fraction of sp³-hybridized carbons (Fsp3) is 0.375. The minimum atomic E-state index is -1.31. The van der Waals surface area contributed by atoms with Crippen LogP contribution in [0.2, 0.25) is 0 Å². The van der Waals surface area contributed by atoms with E-state index in [0.29, 0.717) is 0 Å². The first-order valence-electron chi connectivity index (χ1n) is 3.95. The van der Waals surface area contributed by atoms with Gasteiger partial charge in [-0.1, -0.05) is 0 Å². The van der Waals surface area contributed by atoms with Crippen molar-refractivity contribution in [3.05, 3.63) is 23.5 Å². The number of aromatic carboxylic acids is 1. The van der Waals surface area contributed by atoms with Gasteiger partial charge in [-0.15, -0.1) is 0 Å². The van der Waals surface area contributed by atoms with Crippen molar-refractivity contribution in [1.82, 2.24) is 4.98 Å². The summed E-state index contributed by atoms with van der Waals surface area (Å²) >= 11 is 0. The molecule has 1 aromatic rings. The largest absolute Gasteiger partial charge is 0.477 e. The molecule has 0 aliphatic heterocycles. The summed E-state index contributed by atoms with van der Waals surface area (Å²) in [6.07, 6.45) is -1.33. The SMILES string of the molecule is O=C(O)c1cc(C(O)C(O)CO)c[nH]1. The van der Waals surface area contributed by atoms with Crippen molar-refractivity contribution < 1.29 is 25.2 Å². The Bertz CT molecular complexity index is 321. The van der Waals surface area contributed by atoms with Crippen molar-refractivity contribution in [1.29, 1.82) is 0 Å². The topological polar surface area (TPSA) is 114 Å². The van der Waals surface area contributed by atoms with E-state index < -0.39 is 24.8 Å². The molecule has 0 radical (unpaired) electrons. The Hall–Kier alpha value is -1.37. The van der Waals surface area contributed by atoms with Gasteiger partial charge < -0.3 is 25.4 Å². The predicted molar refractivity (Wildman–Crippen MR) is 45.8 cm³/mol. The summed E-state index contributed by atoms with van der Waals surface area (Å²) < 4.78 is 0. The molecular weight excluding hydrogens is 190 g/mol. The highest BCUT2D eigenvalue weighted by Crippen LogP contribution is 2.17. The van der Waals surface area contributed by atoms with Crippen LogP contribution >= 0.6 is 0 Å². The number of nitrogens with one attached hydrogen (secondary N) is 1. The van der Waals surface area contributed by atoms with Gasteiger partial charge >= 0.3 is 5.97 Å². The molecule has 1 rings (SSSR count). The van der Waals surface area contributed by atoms with E-state index in [2.05, 4.69) is 4.98 Å². The van der Waals surface area contributed by atoms with Crippen molar-refractivity contribution in [2.24, 2.45) is 0 Å². The zero-order valence-corrected chi connectivity index (χ0v) is 7.21. The normalized spacial score (nSPS) is 15.1. The number of aromatic amines is 1. The molecule has 1 heterocycles. The monoisotopic (exact) mass is 201 g/mol. The summed E-state index contributed by atoms with van der Waals surface area (Å²) in [5, 5.41) is 35.5. The van der Waals surface area contributed by atoms with Gasteiger partial charge in [-0.2, -0.15) is 0 Å². The van der Waals surface area contributed by atoms with Gasteiger partial charge in [0.15, 0.2) is 0 Å². The van der Waals surface area contributed by atoms with E-state index in [9.17, 15) is 9.90 Å². The minimum absolute atomic E-state index is 0.0795. The summed E-state index contributed by atoms with van der Waals surface area (Å²) in [7, 11) is 0. The molecule has 5 N–H and O–H groups in total. The van der Waals surface area contributed by atoms with Crippen molar-refractivity contribution in [2.45, 2.75) is 12.2 Å². The number of hydrogen-bond acceptors (Lipinski definition) is 4. The quantitative estimate of drug-likeness (QED) is 0.433. The minimum Gasteiger partial charge on any atom is -0.477 e. The highest BCUT2D eigenvalue weighted by molar-refractivity contribution is 5.85. The molecule has 0 aliphatic rings. The molecule has 0 aromatic carbocycles. The lowest BCUT2D eigenvalue weighted by molar-refractivity contribution is -0.0152. The molecule has 0 fully saturated rings. The molecule has 78 valence electrons. The van der Waals surface area contributed by atoms with Crippen LogP contribution in [-0.4, -0.2) is 44.1 Å². The van der Waals surface area contributed by atoms with Gasteiger partial charge in [-0.05, 0) is 6.07 Å². The van der Waals surface area contributed by atoms with Crippen LogP contribution < -0.4 is 0 Å². The number of rotatable bonds is 4. The first-order chi connectivity index (χ1) is 6.56. The zero-order chi connectivity index (χ0) is 10.7. The fourth-order valence-corrected chi connectivity index (χ4v) is 1.03. The van der Waals surface area contributed by atoms with E-state index in [1.807, 2.05) is 0 Å². The lowest BCUT2D eigenvalue weighted by atomic mass is 10.1. The summed E-state index contributed by atoms with van der Waals surface area (Å²) in [5.41, 5.74) is 0.146. The van der Waals surface area contributed by atoms with Crippen molar-refractivity contribution in [3.8, 4) is 0 Å². The number of H-pyrrole nitrogens is 1. The predicted octanol–water partition coefficient (Wildman–Crippen LogP) is -0.901. The number of hydrogen-bond donors (Lipinski definition) is 5.